The van der Waals surface area contributed by atoms with Gasteiger partial charge in [-0.05, 0) is 54.1 Å². The third-order valence-corrected chi connectivity index (χ3v) is 6.38. The van der Waals surface area contributed by atoms with Gasteiger partial charge in [0.2, 0.25) is 6.79 Å². The molecule has 0 spiro atoms. The highest BCUT2D eigenvalue weighted by atomic mass is 35.5. The van der Waals surface area contributed by atoms with Crippen LogP contribution in [0.4, 0.5) is 0 Å². The summed E-state index contributed by atoms with van der Waals surface area (Å²) in [6, 6.07) is 26.7. The Morgan fingerprint density at radius 2 is 1.72 bits per heavy atom. The van der Waals surface area contributed by atoms with Crippen molar-refractivity contribution in [2.75, 3.05) is 6.79 Å². The Labute approximate surface area is 227 Å². The molecule has 1 aliphatic heterocycles. The third kappa shape index (κ3) is 4.93. The first-order valence-electron chi connectivity index (χ1n) is 12.0. The van der Waals surface area contributed by atoms with Crippen LogP contribution in [0.5, 0.6) is 17.2 Å². The molecule has 0 bridgehead atoms. The second-order valence-electron chi connectivity index (χ2n) is 8.63. The monoisotopic (exact) mass is 537 g/mol. The van der Waals surface area contributed by atoms with Crippen molar-refractivity contribution in [1.29, 1.82) is 0 Å². The Morgan fingerprint density at radius 3 is 2.59 bits per heavy atom. The zero-order chi connectivity index (χ0) is 26.8. The van der Waals surface area contributed by atoms with Gasteiger partial charge in [0, 0.05) is 27.1 Å². The molecule has 1 amide bonds. The molecule has 1 aliphatic rings. The standard InChI is InChI=1S/C30H20ClN3O5/c31-21-11-12-23-22(15-21)27(18-6-2-1-3-7-18)28(33-23)29(35)34-32-16-20-8-4-5-9-24(20)39-30(36)19-10-13-25-26(14-19)38-17-37-25/h1-16,33H,17H2,(H,34,35). The molecule has 2 heterocycles. The number of hydrogen-bond acceptors (Lipinski definition) is 6. The lowest BCUT2D eigenvalue weighted by Crippen LogP contribution is -2.19. The number of nitrogens with one attached hydrogen (secondary N) is 2. The van der Waals surface area contributed by atoms with Crippen molar-refractivity contribution in [3.63, 3.8) is 0 Å². The lowest BCUT2D eigenvalue weighted by Gasteiger charge is -2.08. The maximum Gasteiger partial charge on any atom is 0.343 e. The summed E-state index contributed by atoms with van der Waals surface area (Å²) in [5, 5.41) is 5.52. The van der Waals surface area contributed by atoms with Gasteiger partial charge in [0.15, 0.2) is 11.5 Å². The molecule has 0 saturated carbocycles. The summed E-state index contributed by atoms with van der Waals surface area (Å²) < 4.78 is 16.2. The van der Waals surface area contributed by atoms with Gasteiger partial charge in [-0.1, -0.05) is 54.1 Å². The number of halogens is 1. The number of ether oxygens (including phenoxy) is 3. The smallest absolute Gasteiger partial charge is 0.343 e. The number of fused-ring (bicyclic) bond motifs is 2. The van der Waals surface area contributed by atoms with Crippen LogP contribution >= 0.6 is 11.6 Å². The molecule has 0 saturated heterocycles. The van der Waals surface area contributed by atoms with E-state index in [1.165, 1.54) is 6.21 Å². The number of carbonyl (C=O) groups is 2. The highest BCUT2D eigenvalue weighted by Gasteiger charge is 2.20. The van der Waals surface area contributed by atoms with Gasteiger partial charge in [0.1, 0.15) is 11.4 Å². The van der Waals surface area contributed by atoms with Gasteiger partial charge in [-0.2, -0.15) is 5.10 Å². The van der Waals surface area contributed by atoms with E-state index in [1.54, 1.807) is 48.5 Å². The number of aromatic nitrogens is 1. The van der Waals surface area contributed by atoms with E-state index in [-0.39, 0.29) is 12.5 Å². The van der Waals surface area contributed by atoms with E-state index in [9.17, 15) is 9.59 Å². The first-order valence-corrected chi connectivity index (χ1v) is 12.4. The number of aromatic amines is 1. The molecule has 0 fully saturated rings. The van der Waals surface area contributed by atoms with E-state index in [0.29, 0.717) is 33.3 Å². The van der Waals surface area contributed by atoms with Gasteiger partial charge >= 0.3 is 5.97 Å². The van der Waals surface area contributed by atoms with E-state index >= 15 is 0 Å². The molecule has 0 atom stereocenters. The molecule has 0 radical (unpaired) electrons. The average Bonchev–Trinajstić information content (AvgIpc) is 3.58. The van der Waals surface area contributed by atoms with Crippen LogP contribution in [0.15, 0.2) is 96.1 Å². The predicted octanol–water partition coefficient (Wildman–Crippen LogP) is 6.20. The molecule has 9 heteroatoms. The maximum atomic E-state index is 13.2. The lowest BCUT2D eigenvalue weighted by atomic mass is 10.0. The molecule has 5 aromatic rings. The number of hydrazone groups is 1. The third-order valence-electron chi connectivity index (χ3n) is 6.15. The van der Waals surface area contributed by atoms with Crippen LogP contribution in [0.1, 0.15) is 26.4 Å². The minimum absolute atomic E-state index is 0.109. The van der Waals surface area contributed by atoms with Gasteiger partial charge in [0.25, 0.3) is 5.91 Å². The average molecular weight is 538 g/mol. The molecule has 39 heavy (non-hydrogen) atoms. The van der Waals surface area contributed by atoms with Crippen LogP contribution in [0.3, 0.4) is 0 Å². The summed E-state index contributed by atoms with van der Waals surface area (Å²) in [7, 11) is 0. The number of esters is 1. The summed E-state index contributed by atoms with van der Waals surface area (Å²) in [6.45, 7) is 0.109. The quantitative estimate of drug-likeness (QED) is 0.116. The van der Waals surface area contributed by atoms with Crippen LogP contribution < -0.4 is 19.6 Å². The Kier molecular flexibility index (Phi) is 6.44. The van der Waals surface area contributed by atoms with Gasteiger partial charge in [-0.3, -0.25) is 4.79 Å². The Hall–Kier alpha value is -5.08. The minimum atomic E-state index is -0.567. The second kappa shape index (κ2) is 10.4. The Morgan fingerprint density at radius 1 is 0.923 bits per heavy atom. The number of hydrogen-bond donors (Lipinski definition) is 2. The molecule has 192 valence electrons. The number of carbonyl (C=O) groups excluding carboxylic acids is 2. The number of H-pyrrole nitrogens is 1. The van der Waals surface area contributed by atoms with Crippen molar-refractivity contribution >= 4 is 40.6 Å². The maximum absolute atomic E-state index is 13.2. The summed E-state index contributed by atoms with van der Waals surface area (Å²) in [5.74, 6) is 0.331. The van der Waals surface area contributed by atoms with E-state index in [4.69, 9.17) is 25.8 Å². The lowest BCUT2D eigenvalue weighted by molar-refractivity contribution is 0.0733. The highest BCUT2D eigenvalue weighted by Crippen LogP contribution is 2.34. The first-order chi connectivity index (χ1) is 19.1. The van der Waals surface area contributed by atoms with Crippen LogP contribution in [-0.2, 0) is 0 Å². The van der Waals surface area contributed by atoms with Crippen LogP contribution in [0.2, 0.25) is 5.02 Å². The Bertz CT molecular complexity index is 1750. The molecule has 2 N–H and O–H groups in total. The SMILES string of the molecule is O=C(Oc1ccccc1C=NNC(=O)c1[nH]c2ccc(Cl)cc2c1-c1ccccc1)c1ccc2c(c1)OCO2. The normalized spacial score (nSPS) is 12.1. The van der Waals surface area contributed by atoms with Crippen molar-refractivity contribution in [3.05, 3.63) is 113 Å². The molecule has 6 rings (SSSR count). The van der Waals surface area contributed by atoms with Gasteiger partial charge in [-0.15, -0.1) is 0 Å². The van der Waals surface area contributed by atoms with E-state index in [2.05, 4.69) is 15.5 Å². The fraction of sp³-hybridized carbons (Fsp3) is 0.0333. The van der Waals surface area contributed by atoms with Crippen LogP contribution in [0, 0.1) is 0 Å². The topological polar surface area (TPSA) is 102 Å². The number of para-hydroxylation sites is 1. The van der Waals surface area contributed by atoms with Gasteiger partial charge < -0.3 is 19.2 Å². The van der Waals surface area contributed by atoms with Gasteiger partial charge in [0.05, 0.1) is 11.8 Å². The number of benzene rings is 4. The van der Waals surface area contributed by atoms with Crippen LogP contribution in [0.25, 0.3) is 22.0 Å². The molecule has 0 unspecified atom stereocenters. The van der Waals surface area contributed by atoms with Crippen molar-refractivity contribution in [2.24, 2.45) is 5.10 Å². The fourth-order valence-corrected chi connectivity index (χ4v) is 4.49. The summed E-state index contributed by atoms with van der Waals surface area (Å²) in [4.78, 5) is 29.2. The summed E-state index contributed by atoms with van der Waals surface area (Å²) >= 11 is 6.25. The highest BCUT2D eigenvalue weighted by molar-refractivity contribution is 6.31. The molecule has 1 aromatic heterocycles. The van der Waals surface area contributed by atoms with Crippen LogP contribution in [-0.4, -0.2) is 29.9 Å². The zero-order valence-electron chi connectivity index (χ0n) is 20.3. The van der Waals surface area contributed by atoms with Crippen molar-refractivity contribution < 1.29 is 23.8 Å². The largest absolute Gasteiger partial charge is 0.454 e. The van der Waals surface area contributed by atoms with E-state index in [1.807, 2.05) is 42.5 Å². The summed E-state index contributed by atoms with van der Waals surface area (Å²) in [6.07, 6.45) is 1.42. The predicted molar refractivity (Wildman–Crippen MR) is 148 cm³/mol. The number of rotatable bonds is 6. The molecule has 0 aliphatic carbocycles. The minimum Gasteiger partial charge on any atom is -0.454 e. The first kappa shape index (κ1) is 24.3. The van der Waals surface area contributed by atoms with E-state index in [0.717, 1.165) is 22.0 Å². The second-order valence-corrected chi connectivity index (χ2v) is 9.06. The summed E-state index contributed by atoms with van der Waals surface area (Å²) in [5.41, 5.74) is 6.08. The fourth-order valence-electron chi connectivity index (χ4n) is 4.32. The van der Waals surface area contributed by atoms with E-state index < -0.39 is 11.9 Å². The Balaban J connectivity index is 1.23. The molecule has 4 aromatic carbocycles. The molecule has 8 nitrogen and oxygen atoms in total. The van der Waals surface area contributed by atoms with Crippen molar-refractivity contribution in [3.8, 4) is 28.4 Å². The van der Waals surface area contributed by atoms with Crippen molar-refractivity contribution in [1.82, 2.24) is 10.4 Å². The number of amides is 1. The van der Waals surface area contributed by atoms with Crippen molar-refractivity contribution in [2.45, 2.75) is 0 Å². The number of nitrogens with zero attached hydrogens (tertiary/aromatic N) is 1. The molecular weight excluding hydrogens is 518 g/mol. The van der Waals surface area contributed by atoms with Gasteiger partial charge in [-0.25, -0.2) is 10.2 Å². The molecular formula is C30H20ClN3O5. The zero-order valence-corrected chi connectivity index (χ0v) is 21.1.